The molecule has 1 aromatic carbocycles. The van der Waals surface area contributed by atoms with Crippen molar-refractivity contribution in [3.8, 4) is 0 Å². The smallest absolute Gasteiger partial charge is 0.374 e. The molecule has 0 saturated carbocycles. The summed E-state index contributed by atoms with van der Waals surface area (Å²) in [6, 6.07) is 3.91. The fraction of sp³-hybridized carbons (Fsp3) is 0.450. The molecule has 1 fully saturated rings. The number of nitrogens with two attached hydrogens (primary N) is 1. The molecule has 33 heavy (non-hydrogen) atoms. The van der Waals surface area contributed by atoms with Crippen LogP contribution in [0.5, 0.6) is 0 Å². The molecule has 2 amide bonds. The second-order valence-electron chi connectivity index (χ2n) is 7.38. The van der Waals surface area contributed by atoms with Crippen LogP contribution in [0.3, 0.4) is 0 Å². The Balaban J connectivity index is 1.44. The van der Waals surface area contributed by atoms with Gasteiger partial charge in [0.05, 0.1) is 41.2 Å². The van der Waals surface area contributed by atoms with Crippen molar-refractivity contribution in [1.29, 1.82) is 0 Å². The van der Waals surface area contributed by atoms with E-state index < -0.39 is 17.6 Å². The Labute approximate surface area is 201 Å². The van der Waals surface area contributed by atoms with Gasteiger partial charge >= 0.3 is 6.18 Å². The third-order valence-electron chi connectivity index (χ3n) is 4.70. The molecule has 0 aliphatic carbocycles. The van der Waals surface area contributed by atoms with Gasteiger partial charge in [-0.2, -0.15) is 13.2 Å². The number of primary amides is 1. The molecule has 2 heterocycles. The predicted molar refractivity (Wildman–Crippen MR) is 120 cm³/mol. The molecule has 0 radical (unpaired) electrons. The van der Waals surface area contributed by atoms with Gasteiger partial charge in [-0.3, -0.25) is 14.5 Å². The van der Waals surface area contributed by atoms with Crippen LogP contribution in [0.15, 0.2) is 27.9 Å². The first kappa shape index (κ1) is 25.8. The van der Waals surface area contributed by atoms with Crippen molar-refractivity contribution in [3.63, 3.8) is 0 Å². The van der Waals surface area contributed by atoms with Crippen LogP contribution in [-0.4, -0.2) is 59.8 Å². The van der Waals surface area contributed by atoms with Gasteiger partial charge in [0, 0.05) is 31.6 Å². The molecule has 1 saturated heterocycles. The van der Waals surface area contributed by atoms with E-state index in [1.807, 2.05) is 4.90 Å². The number of thiazole rings is 1. The molecule has 1 aliphatic rings. The van der Waals surface area contributed by atoms with Crippen molar-refractivity contribution in [2.24, 2.45) is 5.73 Å². The molecule has 1 atom stereocenters. The molecule has 0 spiro atoms. The van der Waals surface area contributed by atoms with Crippen LogP contribution in [0.1, 0.15) is 16.8 Å². The second-order valence-corrected chi connectivity index (χ2v) is 9.87. The van der Waals surface area contributed by atoms with Gasteiger partial charge in [-0.25, -0.2) is 4.98 Å². The maximum Gasteiger partial charge on any atom is 0.417 e. The van der Waals surface area contributed by atoms with E-state index in [9.17, 15) is 22.8 Å². The lowest BCUT2D eigenvalue weighted by molar-refractivity contribution is -0.137. The second kappa shape index (κ2) is 11.5. The normalized spacial score (nSPS) is 17.2. The number of morpholine rings is 1. The fourth-order valence-corrected chi connectivity index (χ4v) is 5.11. The van der Waals surface area contributed by atoms with Crippen LogP contribution in [0.25, 0.3) is 0 Å². The number of hydrogen-bond acceptors (Lipinski definition) is 7. The maximum atomic E-state index is 13.1. The number of aromatic nitrogens is 1. The van der Waals surface area contributed by atoms with E-state index in [1.54, 1.807) is 11.4 Å². The zero-order valence-corrected chi connectivity index (χ0v) is 19.8. The van der Waals surface area contributed by atoms with Crippen LogP contribution in [0.4, 0.5) is 13.2 Å². The zero-order chi connectivity index (χ0) is 24.0. The van der Waals surface area contributed by atoms with Crippen LogP contribution in [0, 0.1) is 0 Å². The number of ether oxygens (including phenoxy) is 1. The van der Waals surface area contributed by atoms with Crippen LogP contribution in [-0.2, 0) is 33.5 Å². The number of rotatable bonds is 9. The van der Waals surface area contributed by atoms with E-state index in [1.165, 1.54) is 29.2 Å². The van der Waals surface area contributed by atoms with Gasteiger partial charge in [0.25, 0.3) is 0 Å². The van der Waals surface area contributed by atoms with Crippen LogP contribution >= 0.6 is 34.7 Å². The van der Waals surface area contributed by atoms with E-state index in [2.05, 4.69) is 10.3 Å². The quantitative estimate of drug-likeness (QED) is 0.491. The Morgan fingerprint density at radius 2 is 2.18 bits per heavy atom. The topological polar surface area (TPSA) is 97.5 Å². The number of halogens is 4. The predicted octanol–water partition coefficient (Wildman–Crippen LogP) is 2.95. The summed E-state index contributed by atoms with van der Waals surface area (Å²) < 4.78 is 45.6. The maximum absolute atomic E-state index is 13.1. The summed E-state index contributed by atoms with van der Waals surface area (Å²) in [5.74, 6) is -0.502. The summed E-state index contributed by atoms with van der Waals surface area (Å²) >= 11 is 8.28. The lowest BCUT2D eigenvalue weighted by atomic mass is 10.1. The Morgan fingerprint density at radius 1 is 1.39 bits per heavy atom. The third kappa shape index (κ3) is 8.14. The molecule has 0 bridgehead atoms. The standard InChI is InChI=1S/C20H22ClF3N4O3S2/c21-16-2-1-12(5-15(16)20(22,23)24)8-28-3-4-31-14(9-28)7-26-18(30)11-33-19-27-13(10-32-19)6-17(25)29/h1-2,5,10,14H,3-4,6-9,11H2,(H2,25,29)(H,26,30)/t14-/m0/s1. The highest BCUT2D eigenvalue weighted by Gasteiger charge is 2.33. The summed E-state index contributed by atoms with van der Waals surface area (Å²) in [7, 11) is 0. The first-order valence-corrected chi connectivity index (χ1v) is 12.2. The first-order valence-electron chi connectivity index (χ1n) is 9.92. The number of carbonyl (C=O) groups excluding carboxylic acids is 2. The lowest BCUT2D eigenvalue weighted by Crippen LogP contribution is -2.47. The molecule has 13 heteroatoms. The van der Waals surface area contributed by atoms with Gasteiger partial charge in [-0.1, -0.05) is 29.4 Å². The minimum absolute atomic E-state index is 0.0618. The van der Waals surface area contributed by atoms with Crippen LogP contribution in [0.2, 0.25) is 5.02 Å². The highest BCUT2D eigenvalue weighted by molar-refractivity contribution is 8.01. The number of carbonyl (C=O) groups is 2. The number of benzene rings is 1. The van der Waals surface area contributed by atoms with Gasteiger partial charge < -0.3 is 15.8 Å². The van der Waals surface area contributed by atoms with Gasteiger partial charge in [0.1, 0.15) is 0 Å². The van der Waals surface area contributed by atoms with Gasteiger partial charge in [-0.05, 0) is 17.7 Å². The largest absolute Gasteiger partial charge is 0.417 e. The molecule has 3 N–H and O–H groups in total. The minimum atomic E-state index is -4.51. The lowest BCUT2D eigenvalue weighted by Gasteiger charge is -2.33. The van der Waals surface area contributed by atoms with Gasteiger partial charge in [0.15, 0.2) is 4.34 Å². The Bertz CT molecular complexity index is 990. The molecule has 2 aromatic rings. The van der Waals surface area contributed by atoms with Crippen molar-refractivity contribution in [2.75, 3.05) is 32.0 Å². The Hall–Kier alpha value is -1.86. The van der Waals surface area contributed by atoms with E-state index in [4.69, 9.17) is 22.1 Å². The van der Waals surface area contributed by atoms with Crippen molar-refractivity contribution < 1.29 is 27.5 Å². The average molecular weight is 523 g/mol. The van der Waals surface area contributed by atoms with E-state index in [0.717, 1.165) is 6.07 Å². The fourth-order valence-electron chi connectivity index (χ4n) is 3.21. The highest BCUT2D eigenvalue weighted by atomic mass is 35.5. The van der Waals surface area contributed by atoms with Crippen molar-refractivity contribution in [3.05, 3.63) is 45.4 Å². The number of thioether (sulfide) groups is 1. The molecule has 1 aliphatic heterocycles. The zero-order valence-electron chi connectivity index (χ0n) is 17.4. The molecule has 0 unspecified atom stereocenters. The number of amides is 2. The molecule has 7 nitrogen and oxygen atoms in total. The van der Waals surface area contributed by atoms with Crippen molar-refractivity contribution in [1.82, 2.24) is 15.2 Å². The highest BCUT2D eigenvalue weighted by Crippen LogP contribution is 2.35. The molecule has 180 valence electrons. The minimum Gasteiger partial charge on any atom is -0.374 e. The Kier molecular flexibility index (Phi) is 8.99. The van der Waals surface area contributed by atoms with Crippen LogP contribution < -0.4 is 11.1 Å². The average Bonchev–Trinajstić information content (AvgIpc) is 3.18. The van der Waals surface area contributed by atoms with E-state index in [-0.39, 0.29) is 35.8 Å². The van der Waals surface area contributed by atoms with Gasteiger partial charge in [0.2, 0.25) is 11.8 Å². The SMILES string of the molecule is NC(=O)Cc1csc(SCC(=O)NC[C@H]2CN(Cc3ccc(Cl)c(C(F)(F)F)c3)CCO2)n1. The Morgan fingerprint density at radius 3 is 2.91 bits per heavy atom. The molecule has 3 rings (SSSR count). The number of nitrogens with one attached hydrogen (secondary N) is 1. The van der Waals surface area contributed by atoms with Gasteiger partial charge in [-0.15, -0.1) is 11.3 Å². The summed E-state index contributed by atoms with van der Waals surface area (Å²) in [6.07, 6.45) is -4.72. The number of alkyl halides is 3. The van der Waals surface area contributed by atoms with E-state index in [0.29, 0.717) is 41.8 Å². The number of nitrogens with zero attached hydrogens (tertiary/aromatic N) is 2. The molecule has 1 aromatic heterocycles. The van der Waals surface area contributed by atoms with E-state index >= 15 is 0 Å². The number of hydrogen-bond donors (Lipinski definition) is 2. The van der Waals surface area contributed by atoms with Crippen molar-refractivity contribution >= 4 is 46.5 Å². The van der Waals surface area contributed by atoms with Crippen molar-refractivity contribution in [2.45, 2.75) is 29.6 Å². The summed E-state index contributed by atoms with van der Waals surface area (Å²) in [5, 5.41) is 4.21. The third-order valence-corrected chi connectivity index (χ3v) is 7.10. The summed E-state index contributed by atoms with van der Waals surface area (Å²) in [4.78, 5) is 29.3. The summed E-state index contributed by atoms with van der Waals surface area (Å²) in [5.41, 5.74) is 5.37. The summed E-state index contributed by atoms with van der Waals surface area (Å²) in [6.45, 7) is 2.07. The first-order chi connectivity index (χ1) is 15.6. The monoisotopic (exact) mass is 522 g/mol. The molecular formula is C20H22ClF3N4O3S2. The molecular weight excluding hydrogens is 501 g/mol.